The molecule has 2 fully saturated rings. The second kappa shape index (κ2) is 8.99. The molecular formula is C21H19BrClN5O4. The lowest BCUT2D eigenvalue weighted by Crippen LogP contribution is -2.46. The number of rotatable bonds is 5. The van der Waals surface area contributed by atoms with Crippen LogP contribution < -0.4 is 4.90 Å². The summed E-state index contributed by atoms with van der Waals surface area (Å²) in [6, 6.07) is 9.70. The van der Waals surface area contributed by atoms with Gasteiger partial charge < -0.3 is 9.84 Å². The molecule has 2 aromatic carbocycles. The van der Waals surface area contributed by atoms with Gasteiger partial charge in [0.15, 0.2) is 0 Å². The van der Waals surface area contributed by atoms with Gasteiger partial charge in [0.25, 0.3) is 0 Å². The summed E-state index contributed by atoms with van der Waals surface area (Å²) in [5.74, 6) is -1.01. The van der Waals surface area contributed by atoms with Gasteiger partial charge in [-0.05, 0) is 47.5 Å². The van der Waals surface area contributed by atoms with Crippen molar-refractivity contribution in [1.29, 1.82) is 0 Å². The fraction of sp³-hybridized carbons (Fsp3) is 0.333. The van der Waals surface area contributed by atoms with Crippen LogP contribution in [-0.2, 0) is 11.3 Å². The van der Waals surface area contributed by atoms with Crippen molar-refractivity contribution in [2.24, 2.45) is 5.11 Å². The van der Waals surface area contributed by atoms with Crippen LogP contribution in [0.3, 0.4) is 0 Å². The Balaban J connectivity index is 1.41. The number of benzene rings is 2. The predicted molar refractivity (Wildman–Crippen MR) is 122 cm³/mol. The van der Waals surface area contributed by atoms with E-state index in [0.717, 1.165) is 23.1 Å². The predicted octanol–water partition coefficient (Wildman–Crippen LogP) is 5.73. The Kier molecular flexibility index (Phi) is 6.30. The molecule has 9 nitrogen and oxygen atoms in total. The van der Waals surface area contributed by atoms with E-state index < -0.39 is 17.7 Å². The number of nitrogens with zero attached hydrogens (tertiary/aromatic N) is 5. The van der Waals surface area contributed by atoms with Crippen LogP contribution in [0.2, 0.25) is 5.02 Å². The molecule has 0 unspecified atom stereocenters. The van der Waals surface area contributed by atoms with Gasteiger partial charge >= 0.3 is 12.1 Å². The molecule has 1 spiro atoms. The van der Waals surface area contributed by atoms with Crippen molar-refractivity contribution in [3.05, 3.63) is 67.5 Å². The van der Waals surface area contributed by atoms with Gasteiger partial charge in [0, 0.05) is 47.5 Å². The Hall–Kier alpha value is -2.78. The van der Waals surface area contributed by atoms with E-state index in [-0.39, 0.29) is 5.56 Å². The number of hydrogen-bond acceptors (Lipinski definition) is 5. The Bertz CT molecular complexity index is 1110. The normalized spacial score (nSPS) is 17.8. The van der Waals surface area contributed by atoms with Gasteiger partial charge in [-0.2, -0.15) is 0 Å². The standard InChI is InChI=1S/C21H19BrClN5O4/c22-16-10-17(23)18(25-26-24)9-14(16)11-27-7-5-21(6-8-27)12-28(20(31)32-21)15-3-1-13(2-4-15)19(29)30/h1-4,9-10H,5-8,11-12H2,(H,29,30). The summed E-state index contributed by atoms with van der Waals surface area (Å²) >= 11 is 9.63. The third-order valence-electron chi connectivity index (χ3n) is 5.83. The number of likely N-dealkylation sites (tertiary alicyclic amines) is 1. The van der Waals surface area contributed by atoms with E-state index in [0.29, 0.717) is 42.3 Å². The maximum atomic E-state index is 12.5. The van der Waals surface area contributed by atoms with E-state index >= 15 is 0 Å². The second-order valence-corrected chi connectivity index (χ2v) is 9.11. The van der Waals surface area contributed by atoms with E-state index in [2.05, 4.69) is 30.9 Å². The van der Waals surface area contributed by atoms with Crippen molar-refractivity contribution < 1.29 is 19.4 Å². The summed E-state index contributed by atoms with van der Waals surface area (Å²) in [5.41, 5.74) is 10.3. The van der Waals surface area contributed by atoms with Crippen LogP contribution in [0, 0.1) is 0 Å². The third kappa shape index (κ3) is 4.54. The highest BCUT2D eigenvalue weighted by molar-refractivity contribution is 9.10. The number of hydrogen-bond donors (Lipinski definition) is 1. The zero-order valence-corrected chi connectivity index (χ0v) is 19.2. The van der Waals surface area contributed by atoms with Gasteiger partial charge in [0.05, 0.1) is 22.8 Å². The number of ether oxygens (including phenoxy) is 1. The number of carboxylic acid groups (broad SMARTS) is 1. The molecule has 4 rings (SSSR count). The Morgan fingerprint density at radius 1 is 1.28 bits per heavy atom. The second-order valence-electron chi connectivity index (χ2n) is 7.85. The molecule has 11 heteroatoms. The molecule has 0 bridgehead atoms. The minimum atomic E-state index is -1.01. The van der Waals surface area contributed by atoms with Crippen molar-refractivity contribution in [2.45, 2.75) is 25.0 Å². The molecule has 2 aliphatic heterocycles. The van der Waals surface area contributed by atoms with Crippen molar-refractivity contribution in [3.8, 4) is 0 Å². The number of azide groups is 1. The van der Waals surface area contributed by atoms with E-state index in [1.165, 1.54) is 12.1 Å². The molecule has 0 radical (unpaired) electrons. The van der Waals surface area contributed by atoms with Gasteiger partial charge in [-0.3, -0.25) is 9.80 Å². The van der Waals surface area contributed by atoms with Crippen molar-refractivity contribution in [1.82, 2.24) is 4.90 Å². The van der Waals surface area contributed by atoms with Crippen molar-refractivity contribution in [3.63, 3.8) is 0 Å². The third-order valence-corrected chi connectivity index (χ3v) is 6.87. The molecule has 0 saturated carbocycles. The first-order valence-corrected chi connectivity index (χ1v) is 11.1. The molecule has 32 heavy (non-hydrogen) atoms. The summed E-state index contributed by atoms with van der Waals surface area (Å²) in [6.45, 7) is 2.52. The van der Waals surface area contributed by atoms with Crippen LogP contribution in [0.1, 0.15) is 28.8 Å². The fourth-order valence-electron chi connectivity index (χ4n) is 4.05. The van der Waals surface area contributed by atoms with E-state index in [9.17, 15) is 9.59 Å². The van der Waals surface area contributed by atoms with Gasteiger partial charge in [-0.15, -0.1) is 0 Å². The van der Waals surface area contributed by atoms with Crippen LogP contribution in [0.15, 0.2) is 46.0 Å². The van der Waals surface area contributed by atoms with Gasteiger partial charge in [-0.1, -0.05) is 32.6 Å². The summed E-state index contributed by atoms with van der Waals surface area (Å²) < 4.78 is 6.62. The summed E-state index contributed by atoms with van der Waals surface area (Å²) in [5, 5.41) is 13.1. The summed E-state index contributed by atoms with van der Waals surface area (Å²) in [4.78, 5) is 30.2. The maximum absolute atomic E-state index is 12.5. The number of piperidine rings is 1. The molecule has 1 N–H and O–H groups in total. The number of carbonyl (C=O) groups excluding carboxylic acids is 1. The summed E-state index contributed by atoms with van der Waals surface area (Å²) in [6.07, 6.45) is 0.939. The van der Waals surface area contributed by atoms with E-state index in [1.54, 1.807) is 29.2 Å². The quantitative estimate of drug-likeness (QED) is 0.306. The average Bonchev–Trinajstić information content (AvgIpc) is 3.09. The number of carbonyl (C=O) groups is 2. The molecule has 0 atom stereocenters. The van der Waals surface area contributed by atoms with Crippen molar-refractivity contribution in [2.75, 3.05) is 24.5 Å². The van der Waals surface area contributed by atoms with Crippen LogP contribution in [-0.4, -0.2) is 47.3 Å². The van der Waals surface area contributed by atoms with Gasteiger partial charge in [0.2, 0.25) is 0 Å². The van der Waals surface area contributed by atoms with Gasteiger partial charge in [0.1, 0.15) is 5.60 Å². The largest absolute Gasteiger partial charge is 0.478 e. The van der Waals surface area contributed by atoms with E-state index in [1.807, 2.05) is 0 Å². The molecule has 0 aliphatic carbocycles. The van der Waals surface area contributed by atoms with Gasteiger partial charge in [-0.25, -0.2) is 9.59 Å². The minimum Gasteiger partial charge on any atom is -0.478 e. The lowest BCUT2D eigenvalue weighted by Gasteiger charge is -2.37. The lowest BCUT2D eigenvalue weighted by atomic mass is 9.91. The van der Waals surface area contributed by atoms with Crippen LogP contribution in [0.4, 0.5) is 16.2 Å². The molecule has 2 saturated heterocycles. The monoisotopic (exact) mass is 519 g/mol. The number of anilines is 1. The zero-order chi connectivity index (χ0) is 22.9. The van der Waals surface area contributed by atoms with Crippen LogP contribution >= 0.6 is 27.5 Å². The molecule has 166 valence electrons. The number of halogens is 2. The Morgan fingerprint density at radius 2 is 1.97 bits per heavy atom. The molecule has 2 aliphatic rings. The highest BCUT2D eigenvalue weighted by Gasteiger charge is 2.47. The first-order valence-electron chi connectivity index (χ1n) is 9.89. The minimum absolute atomic E-state index is 0.168. The highest BCUT2D eigenvalue weighted by atomic mass is 79.9. The number of aromatic carboxylic acids is 1. The first-order chi connectivity index (χ1) is 15.3. The number of amides is 1. The van der Waals surface area contributed by atoms with E-state index in [4.69, 9.17) is 27.0 Å². The topological polar surface area (TPSA) is 119 Å². The van der Waals surface area contributed by atoms with Crippen molar-refractivity contribution >= 4 is 51.0 Å². The molecule has 2 heterocycles. The molecule has 2 aromatic rings. The highest BCUT2D eigenvalue weighted by Crippen LogP contribution is 2.37. The maximum Gasteiger partial charge on any atom is 0.415 e. The average molecular weight is 521 g/mol. The Labute approximate surface area is 197 Å². The molecule has 0 aromatic heterocycles. The first kappa shape index (κ1) is 22.4. The number of carboxylic acids is 1. The smallest absolute Gasteiger partial charge is 0.415 e. The Morgan fingerprint density at radius 3 is 2.59 bits per heavy atom. The SMILES string of the molecule is [N-]=[N+]=Nc1cc(CN2CCC3(CC2)CN(c2ccc(C(=O)O)cc2)C(=O)O3)c(Br)cc1Cl. The lowest BCUT2D eigenvalue weighted by molar-refractivity contribution is -0.00102. The van der Waals surface area contributed by atoms with Crippen LogP contribution in [0.25, 0.3) is 10.4 Å². The zero-order valence-electron chi connectivity index (χ0n) is 16.9. The van der Waals surface area contributed by atoms with Crippen LogP contribution in [0.5, 0.6) is 0 Å². The molecular weight excluding hydrogens is 502 g/mol. The fourth-order valence-corrected chi connectivity index (χ4v) is 4.85. The summed E-state index contributed by atoms with van der Waals surface area (Å²) in [7, 11) is 0. The molecule has 1 amide bonds.